The molecule has 1 heterocycles. The SMILES string of the molecule is [2H]c1cc2c([nH]c3ccccc32)c([2H])c1[2H]. The van der Waals surface area contributed by atoms with E-state index >= 15 is 0 Å². The summed E-state index contributed by atoms with van der Waals surface area (Å²) in [6.45, 7) is 0. The van der Waals surface area contributed by atoms with Crippen LogP contribution in [0.2, 0.25) is 0 Å². The van der Waals surface area contributed by atoms with E-state index in [-0.39, 0.29) is 18.1 Å². The summed E-state index contributed by atoms with van der Waals surface area (Å²) in [5.74, 6) is 0. The maximum atomic E-state index is 7.82. The Morgan fingerprint density at radius 2 is 1.77 bits per heavy atom. The molecule has 1 N–H and O–H groups in total. The van der Waals surface area contributed by atoms with E-state index in [0.29, 0.717) is 5.52 Å². The van der Waals surface area contributed by atoms with Crippen LogP contribution in [0, 0.1) is 0 Å². The molecule has 0 atom stereocenters. The minimum Gasteiger partial charge on any atom is -0.355 e. The van der Waals surface area contributed by atoms with E-state index in [0.717, 1.165) is 16.3 Å². The van der Waals surface area contributed by atoms with Crippen LogP contribution >= 0.6 is 0 Å². The van der Waals surface area contributed by atoms with Gasteiger partial charge in [-0.3, -0.25) is 0 Å². The topological polar surface area (TPSA) is 15.8 Å². The Balaban J connectivity index is 2.60. The van der Waals surface area contributed by atoms with Crippen molar-refractivity contribution in [3.8, 4) is 0 Å². The summed E-state index contributed by atoms with van der Waals surface area (Å²) in [6, 6.07) is 9.55. The summed E-state index contributed by atoms with van der Waals surface area (Å²) in [5.41, 5.74) is 1.58. The fourth-order valence-corrected chi connectivity index (χ4v) is 1.62. The summed E-state index contributed by atoms with van der Waals surface area (Å²) >= 11 is 0. The van der Waals surface area contributed by atoms with Gasteiger partial charge >= 0.3 is 0 Å². The van der Waals surface area contributed by atoms with Crippen molar-refractivity contribution in [1.82, 2.24) is 4.98 Å². The van der Waals surface area contributed by atoms with Crippen LogP contribution in [0.15, 0.2) is 48.5 Å². The third kappa shape index (κ3) is 0.872. The molecule has 1 heteroatoms. The quantitative estimate of drug-likeness (QED) is 0.532. The normalized spacial score (nSPS) is 14.3. The number of rotatable bonds is 0. The first-order valence-electron chi connectivity index (χ1n) is 5.65. The van der Waals surface area contributed by atoms with Crippen molar-refractivity contribution in [2.24, 2.45) is 0 Å². The Hall–Kier alpha value is -1.76. The predicted octanol–water partition coefficient (Wildman–Crippen LogP) is 3.32. The molecule has 1 aromatic heterocycles. The highest BCUT2D eigenvalue weighted by Crippen LogP contribution is 2.24. The fraction of sp³-hybridized carbons (Fsp3) is 0. The monoisotopic (exact) mass is 170 g/mol. The van der Waals surface area contributed by atoms with E-state index in [4.69, 9.17) is 4.11 Å². The van der Waals surface area contributed by atoms with Crippen LogP contribution in [0.4, 0.5) is 0 Å². The summed E-state index contributed by atoms with van der Waals surface area (Å²) in [6.07, 6.45) is 0. The van der Waals surface area contributed by atoms with Crippen molar-refractivity contribution < 1.29 is 4.11 Å². The average Bonchev–Trinajstić information content (AvgIpc) is 2.65. The maximum absolute atomic E-state index is 7.82. The molecule has 0 spiro atoms. The standard InChI is InChI=1S/C12H9N/c1-3-7-11-9(5-1)10-6-2-4-8-12(10)13-11/h1-8,13H/i1D,3D,7D. The van der Waals surface area contributed by atoms with Crippen LogP contribution in [0.3, 0.4) is 0 Å². The summed E-state index contributed by atoms with van der Waals surface area (Å²) < 4.78 is 23.1. The first kappa shape index (κ1) is 4.47. The van der Waals surface area contributed by atoms with Gasteiger partial charge in [-0.15, -0.1) is 0 Å². The number of fused-ring (bicyclic) bond motifs is 3. The molecule has 0 aliphatic rings. The van der Waals surface area contributed by atoms with Gasteiger partial charge in [0.25, 0.3) is 0 Å². The molecule has 0 aliphatic heterocycles. The lowest BCUT2D eigenvalue weighted by Gasteiger charge is -1.87. The molecule has 0 saturated heterocycles. The highest BCUT2D eigenvalue weighted by atomic mass is 14.7. The smallest absolute Gasteiger partial charge is 0.0645 e. The molecule has 0 bridgehead atoms. The zero-order valence-electron chi connectivity index (χ0n) is 9.89. The third-order valence-electron chi connectivity index (χ3n) is 2.22. The molecule has 0 radical (unpaired) electrons. The maximum Gasteiger partial charge on any atom is 0.0645 e. The zero-order chi connectivity index (χ0) is 11.3. The van der Waals surface area contributed by atoms with Crippen LogP contribution in [0.25, 0.3) is 21.8 Å². The first-order valence-corrected chi connectivity index (χ1v) is 4.15. The molecular weight excluding hydrogens is 158 g/mol. The van der Waals surface area contributed by atoms with Crippen molar-refractivity contribution in [2.45, 2.75) is 0 Å². The number of para-hydroxylation sites is 2. The summed E-state index contributed by atoms with van der Waals surface area (Å²) in [5, 5.41) is 1.85. The van der Waals surface area contributed by atoms with Gasteiger partial charge in [-0.2, -0.15) is 0 Å². The molecule has 0 amide bonds. The van der Waals surface area contributed by atoms with Crippen molar-refractivity contribution >= 4 is 21.8 Å². The van der Waals surface area contributed by atoms with Gasteiger partial charge in [0.05, 0.1) is 4.11 Å². The van der Waals surface area contributed by atoms with Crippen LogP contribution < -0.4 is 0 Å². The van der Waals surface area contributed by atoms with Crippen LogP contribution in [-0.2, 0) is 0 Å². The van der Waals surface area contributed by atoms with Gasteiger partial charge in [0.15, 0.2) is 0 Å². The molecule has 3 rings (SSSR count). The Morgan fingerprint density at radius 3 is 2.77 bits per heavy atom. The second-order valence-corrected chi connectivity index (χ2v) is 3.00. The van der Waals surface area contributed by atoms with Crippen LogP contribution in [-0.4, -0.2) is 4.98 Å². The molecule has 0 aliphatic carbocycles. The van der Waals surface area contributed by atoms with Gasteiger partial charge < -0.3 is 4.98 Å². The number of nitrogens with one attached hydrogen (secondary N) is 1. The lowest BCUT2D eigenvalue weighted by molar-refractivity contribution is 1.55. The highest BCUT2D eigenvalue weighted by Gasteiger charge is 2.00. The molecular formula is C12H9N. The summed E-state index contributed by atoms with van der Waals surface area (Å²) in [7, 11) is 0. The largest absolute Gasteiger partial charge is 0.355 e. The minimum absolute atomic E-state index is 0.0287. The lowest BCUT2D eigenvalue weighted by Crippen LogP contribution is -1.62. The molecule has 2 aromatic carbocycles. The highest BCUT2D eigenvalue weighted by molar-refractivity contribution is 6.06. The number of hydrogen-bond donors (Lipinski definition) is 1. The molecule has 0 unspecified atom stereocenters. The van der Waals surface area contributed by atoms with E-state index in [1.807, 2.05) is 24.3 Å². The van der Waals surface area contributed by atoms with Crippen molar-refractivity contribution in [3.63, 3.8) is 0 Å². The first-order chi connectivity index (χ1) is 7.68. The van der Waals surface area contributed by atoms with Crippen molar-refractivity contribution in [3.05, 3.63) is 48.5 Å². The Bertz CT molecular complexity index is 700. The van der Waals surface area contributed by atoms with Crippen LogP contribution in [0.5, 0.6) is 0 Å². The number of aromatic amines is 1. The third-order valence-corrected chi connectivity index (χ3v) is 2.22. The van der Waals surface area contributed by atoms with Gasteiger partial charge in [0.1, 0.15) is 0 Å². The van der Waals surface area contributed by atoms with Gasteiger partial charge in [-0.25, -0.2) is 0 Å². The molecule has 13 heavy (non-hydrogen) atoms. The van der Waals surface area contributed by atoms with Gasteiger partial charge in [0.2, 0.25) is 0 Å². The second kappa shape index (κ2) is 2.36. The van der Waals surface area contributed by atoms with Crippen LogP contribution in [0.1, 0.15) is 4.11 Å². The van der Waals surface area contributed by atoms with Crippen molar-refractivity contribution in [2.75, 3.05) is 0 Å². The van der Waals surface area contributed by atoms with E-state index in [1.165, 1.54) is 0 Å². The Morgan fingerprint density at radius 1 is 0.923 bits per heavy atom. The van der Waals surface area contributed by atoms with E-state index in [2.05, 4.69) is 4.98 Å². The Labute approximate surface area is 80.2 Å². The molecule has 62 valence electrons. The van der Waals surface area contributed by atoms with E-state index < -0.39 is 0 Å². The second-order valence-electron chi connectivity index (χ2n) is 3.00. The zero-order valence-corrected chi connectivity index (χ0v) is 6.89. The van der Waals surface area contributed by atoms with E-state index in [9.17, 15) is 0 Å². The molecule has 0 fully saturated rings. The predicted molar refractivity (Wildman–Crippen MR) is 55.8 cm³/mol. The number of benzene rings is 2. The van der Waals surface area contributed by atoms with Crippen molar-refractivity contribution in [1.29, 1.82) is 0 Å². The fourth-order valence-electron chi connectivity index (χ4n) is 1.62. The number of H-pyrrole nitrogens is 1. The van der Waals surface area contributed by atoms with Gasteiger partial charge in [-0.1, -0.05) is 36.4 Å². The minimum atomic E-state index is -0.0287. The molecule has 3 aromatic rings. The molecule has 0 saturated carbocycles. The summed E-state index contributed by atoms with van der Waals surface area (Å²) in [4.78, 5) is 3.12. The Kier molecular flexibility index (Phi) is 0.812. The van der Waals surface area contributed by atoms with E-state index in [1.54, 1.807) is 6.07 Å². The average molecular weight is 170 g/mol. The van der Waals surface area contributed by atoms with Gasteiger partial charge in [0, 0.05) is 21.8 Å². The number of hydrogen-bond acceptors (Lipinski definition) is 0. The van der Waals surface area contributed by atoms with Gasteiger partial charge in [-0.05, 0) is 12.1 Å². The lowest BCUT2D eigenvalue weighted by atomic mass is 10.2. The number of aromatic nitrogens is 1. The molecule has 1 nitrogen and oxygen atoms in total.